The van der Waals surface area contributed by atoms with Crippen LogP contribution in [0.1, 0.15) is 39.0 Å². The highest BCUT2D eigenvalue weighted by Gasteiger charge is 2.05. The Kier molecular flexibility index (Phi) is 9.36. The zero-order valence-corrected chi connectivity index (χ0v) is 12.7. The highest BCUT2D eigenvalue weighted by atomic mass is 32.2. The summed E-state index contributed by atoms with van der Waals surface area (Å²) in [6.45, 7) is 8.71. The van der Waals surface area contributed by atoms with Crippen molar-refractivity contribution in [2.75, 3.05) is 18.8 Å². The molecule has 0 aliphatic heterocycles. The first-order valence-corrected chi connectivity index (χ1v) is 8.07. The van der Waals surface area contributed by atoms with Gasteiger partial charge in [-0.25, -0.2) is 4.68 Å². The van der Waals surface area contributed by atoms with E-state index in [0.29, 0.717) is 0 Å². The van der Waals surface area contributed by atoms with E-state index in [1.165, 1.54) is 19.3 Å². The molecule has 0 radical (unpaired) electrons. The van der Waals surface area contributed by atoms with Gasteiger partial charge >= 0.3 is 0 Å². The van der Waals surface area contributed by atoms with Gasteiger partial charge in [-0.3, -0.25) is 0 Å². The molecule has 1 N–H and O–H groups in total. The average Bonchev–Trinajstić information content (AvgIpc) is 2.86. The van der Waals surface area contributed by atoms with Gasteiger partial charge in [-0.05, 0) is 42.7 Å². The van der Waals surface area contributed by atoms with E-state index in [9.17, 15) is 0 Å². The Morgan fingerprint density at radius 1 is 1.32 bits per heavy atom. The molecule has 6 heteroatoms. The second kappa shape index (κ2) is 11.0. The molecule has 0 saturated heterocycles. The van der Waals surface area contributed by atoms with E-state index >= 15 is 0 Å². The van der Waals surface area contributed by atoms with Crippen molar-refractivity contribution in [1.82, 2.24) is 25.5 Å². The summed E-state index contributed by atoms with van der Waals surface area (Å²) < 4.78 is 1.89. The summed E-state index contributed by atoms with van der Waals surface area (Å²) in [6.07, 6.45) is 7.94. The Morgan fingerprint density at radius 3 is 3.00 bits per heavy atom. The number of allylic oxidation sites excluding steroid dienone is 1. The number of hydrogen-bond acceptors (Lipinski definition) is 5. The van der Waals surface area contributed by atoms with Crippen molar-refractivity contribution in [1.29, 1.82) is 0 Å². The second-order valence-electron chi connectivity index (χ2n) is 4.42. The van der Waals surface area contributed by atoms with Crippen molar-refractivity contribution >= 4 is 11.8 Å². The van der Waals surface area contributed by atoms with Crippen molar-refractivity contribution in [3.8, 4) is 0 Å². The highest BCUT2D eigenvalue weighted by Crippen LogP contribution is 2.16. The van der Waals surface area contributed by atoms with E-state index in [2.05, 4.69) is 34.3 Å². The summed E-state index contributed by atoms with van der Waals surface area (Å²) in [4.78, 5) is 0. The maximum absolute atomic E-state index is 4.07. The molecule has 108 valence electrons. The van der Waals surface area contributed by atoms with E-state index in [-0.39, 0.29) is 0 Å². The van der Waals surface area contributed by atoms with Crippen LogP contribution < -0.4 is 5.32 Å². The van der Waals surface area contributed by atoms with Crippen molar-refractivity contribution in [3.05, 3.63) is 12.7 Å². The van der Waals surface area contributed by atoms with Crippen LogP contribution in [0.4, 0.5) is 0 Å². The Morgan fingerprint density at radius 2 is 2.21 bits per heavy atom. The van der Waals surface area contributed by atoms with Crippen molar-refractivity contribution in [2.24, 2.45) is 0 Å². The first kappa shape index (κ1) is 16.2. The second-order valence-corrected chi connectivity index (χ2v) is 5.48. The Bertz CT molecular complexity index is 340. The minimum Gasteiger partial charge on any atom is -0.315 e. The van der Waals surface area contributed by atoms with E-state index < -0.39 is 0 Å². The van der Waals surface area contributed by atoms with Gasteiger partial charge in [-0.15, -0.1) is 11.7 Å². The minimum absolute atomic E-state index is 0.839. The Labute approximate surface area is 120 Å². The van der Waals surface area contributed by atoms with Crippen LogP contribution in [0.3, 0.4) is 0 Å². The van der Waals surface area contributed by atoms with Gasteiger partial charge in [-0.2, -0.15) is 0 Å². The first-order valence-electron chi connectivity index (χ1n) is 7.09. The van der Waals surface area contributed by atoms with E-state index in [1.54, 1.807) is 11.8 Å². The van der Waals surface area contributed by atoms with Gasteiger partial charge in [0.1, 0.15) is 0 Å². The zero-order chi connectivity index (χ0) is 13.8. The van der Waals surface area contributed by atoms with Crippen LogP contribution >= 0.6 is 11.8 Å². The molecule has 0 saturated carbocycles. The van der Waals surface area contributed by atoms with Gasteiger partial charge in [0.15, 0.2) is 0 Å². The monoisotopic (exact) mass is 283 g/mol. The lowest BCUT2D eigenvalue weighted by Crippen LogP contribution is -2.21. The number of rotatable bonds is 12. The van der Waals surface area contributed by atoms with Crippen LogP contribution in [0.25, 0.3) is 0 Å². The quantitative estimate of drug-likeness (QED) is 0.363. The molecule has 1 rings (SSSR count). The van der Waals surface area contributed by atoms with E-state index in [4.69, 9.17) is 0 Å². The third-order valence-corrected chi connectivity index (χ3v) is 3.75. The Hall–Kier alpha value is -0.880. The van der Waals surface area contributed by atoms with Crippen LogP contribution in [-0.2, 0) is 6.54 Å². The lowest BCUT2D eigenvalue weighted by atomic mass is 10.2. The SMILES string of the molecule is C=CCCCCCSc1nnnn1CCNCCC. The maximum Gasteiger partial charge on any atom is 0.209 e. The summed E-state index contributed by atoms with van der Waals surface area (Å²) >= 11 is 1.75. The maximum atomic E-state index is 4.07. The fourth-order valence-electron chi connectivity index (χ4n) is 1.66. The van der Waals surface area contributed by atoms with Crippen LogP contribution in [0.5, 0.6) is 0 Å². The molecular formula is C13H25N5S. The van der Waals surface area contributed by atoms with Gasteiger partial charge in [-0.1, -0.05) is 31.2 Å². The number of thioether (sulfide) groups is 1. The van der Waals surface area contributed by atoms with Gasteiger partial charge in [0.2, 0.25) is 5.16 Å². The molecule has 0 atom stereocenters. The van der Waals surface area contributed by atoms with Gasteiger partial charge in [0.05, 0.1) is 6.54 Å². The van der Waals surface area contributed by atoms with Crippen LogP contribution in [0.15, 0.2) is 17.8 Å². The van der Waals surface area contributed by atoms with Crippen molar-refractivity contribution < 1.29 is 0 Å². The first-order chi connectivity index (χ1) is 9.38. The summed E-state index contributed by atoms with van der Waals surface area (Å²) in [7, 11) is 0. The number of nitrogens with one attached hydrogen (secondary N) is 1. The summed E-state index contributed by atoms with van der Waals surface area (Å²) in [5.74, 6) is 1.08. The molecule has 5 nitrogen and oxygen atoms in total. The third kappa shape index (κ3) is 7.32. The predicted octanol–water partition coefficient (Wildman–Crippen LogP) is 2.51. The van der Waals surface area contributed by atoms with Crippen molar-refractivity contribution in [3.63, 3.8) is 0 Å². The molecule has 0 bridgehead atoms. The number of aromatic nitrogens is 4. The molecule has 0 aliphatic carbocycles. The molecule has 0 aliphatic rings. The van der Waals surface area contributed by atoms with E-state index in [0.717, 1.165) is 43.4 Å². The third-order valence-electron chi connectivity index (χ3n) is 2.71. The molecule has 19 heavy (non-hydrogen) atoms. The van der Waals surface area contributed by atoms with Crippen molar-refractivity contribution in [2.45, 2.75) is 50.7 Å². The standard InChI is InChI=1S/C13H25N5S/c1-3-5-6-7-8-12-19-13-15-16-17-18(13)11-10-14-9-4-2/h3,14H,1,4-12H2,2H3. The number of nitrogens with zero attached hydrogens (tertiary/aromatic N) is 4. The lowest BCUT2D eigenvalue weighted by molar-refractivity contribution is 0.510. The summed E-state index contributed by atoms with van der Waals surface area (Å²) in [5.41, 5.74) is 0. The predicted molar refractivity (Wildman–Crippen MR) is 80.4 cm³/mol. The summed E-state index contributed by atoms with van der Waals surface area (Å²) in [5, 5.41) is 16.1. The normalized spacial score (nSPS) is 10.8. The lowest BCUT2D eigenvalue weighted by Gasteiger charge is -2.05. The number of unbranched alkanes of at least 4 members (excludes halogenated alkanes) is 3. The summed E-state index contributed by atoms with van der Waals surface area (Å²) in [6, 6.07) is 0. The molecule has 1 aromatic heterocycles. The van der Waals surface area contributed by atoms with E-state index in [1.807, 2.05) is 10.8 Å². The number of hydrogen-bond donors (Lipinski definition) is 1. The molecule has 0 unspecified atom stereocenters. The number of tetrazole rings is 1. The molecule has 0 fully saturated rings. The smallest absolute Gasteiger partial charge is 0.209 e. The van der Waals surface area contributed by atoms with Crippen LogP contribution in [0, 0.1) is 0 Å². The molecule has 1 aromatic rings. The molecule has 0 spiro atoms. The fraction of sp³-hybridized carbons (Fsp3) is 0.769. The topological polar surface area (TPSA) is 55.6 Å². The fourth-order valence-corrected chi connectivity index (χ4v) is 2.56. The largest absolute Gasteiger partial charge is 0.315 e. The van der Waals surface area contributed by atoms with Gasteiger partial charge in [0.25, 0.3) is 0 Å². The molecule has 1 heterocycles. The minimum atomic E-state index is 0.839. The van der Waals surface area contributed by atoms with Gasteiger partial charge in [0, 0.05) is 12.3 Å². The molecule has 0 amide bonds. The zero-order valence-electron chi connectivity index (χ0n) is 11.8. The highest BCUT2D eigenvalue weighted by molar-refractivity contribution is 7.99. The molecular weight excluding hydrogens is 258 g/mol. The van der Waals surface area contributed by atoms with Crippen LogP contribution in [-0.4, -0.2) is 39.0 Å². The average molecular weight is 283 g/mol. The molecule has 0 aromatic carbocycles. The van der Waals surface area contributed by atoms with Gasteiger partial charge < -0.3 is 5.32 Å². The Balaban J connectivity index is 2.15. The van der Waals surface area contributed by atoms with Crippen LogP contribution in [0.2, 0.25) is 0 Å².